The Labute approximate surface area is 164 Å². The number of fused-ring (bicyclic) bond motifs is 10. The van der Waals surface area contributed by atoms with E-state index in [1.807, 2.05) is 7.05 Å². The van der Waals surface area contributed by atoms with Crippen LogP contribution in [0.2, 0.25) is 0 Å². The van der Waals surface area contributed by atoms with E-state index in [-0.39, 0.29) is 0 Å². The minimum atomic E-state index is 0.305. The van der Waals surface area contributed by atoms with Gasteiger partial charge in [-0.3, -0.25) is 4.79 Å². The van der Waals surface area contributed by atoms with Crippen LogP contribution in [0, 0.1) is 64.1 Å². The molecule has 0 heterocycles. The SMILES string of the molecule is CCC12CCC3C4CCC(=O)C=C4C4CC4C3C1C1C(C)C1C2(C)C=NC. The maximum Gasteiger partial charge on any atom is 0.155 e. The summed E-state index contributed by atoms with van der Waals surface area (Å²) in [5.74, 6) is 8.23. The van der Waals surface area contributed by atoms with Crippen LogP contribution in [0.5, 0.6) is 0 Å². The molecule has 6 aliphatic carbocycles. The quantitative estimate of drug-likeness (QED) is 0.620. The van der Waals surface area contributed by atoms with Crippen LogP contribution in [0.15, 0.2) is 16.6 Å². The molecule has 146 valence electrons. The first-order valence-electron chi connectivity index (χ1n) is 11.7. The number of hydrogen-bond donors (Lipinski definition) is 0. The summed E-state index contributed by atoms with van der Waals surface area (Å²) in [6.45, 7) is 7.57. The zero-order valence-corrected chi connectivity index (χ0v) is 17.4. The summed E-state index contributed by atoms with van der Waals surface area (Å²) >= 11 is 0. The maximum absolute atomic E-state index is 12.1. The third kappa shape index (κ3) is 1.80. The van der Waals surface area contributed by atoms with Gasteiger partial charge in [0.05, 0.1) is 0 Å². The highest BCUT2D eigenvalue weighted by atomic mass is 16.1. The number of rotatable bonds is 2. The molecule has 0 aromatic rings. The van der Waals surface area contributed by atoms with Gasteiger partial charge in [-0.1, -0.05) is 26.3 Å². The van der Waals surface area contributed by atoms with E-state index in [2.05, 4.69) is 38.1 Å². The first-order valence-corrected chi connectivity index (χ1v) is 11.7. The van der Waals surface area contributed by atoms with Gasteiger partial charge in [-0.2, -0.15) is 0 Å². The maximum atomic E-state index is 12.1. The first kappa shape index (κ1) is 17.0. The van der Waals surface area contributed by atoms with Crippen molar-refractivity contribution in [3.8, 4) is 0 Å². The van der Waals surface area contributed by atoms with E-state index >= 15 is 0 Å². The number of allylic oxidation sites excluding steroid dienone is 1. The molecule has 6 aliphatic rings. The third-order valence-corrected chi connectivity index (χ3v) is 10.9. The molecule has 0 N–H and O–H groups in total. The third-order valence-electron chi connectivity index (χ3n) is 10.9. The summed E-state index contributed by atoms with van der Waals surface area (Å²) in [6.07, 6.45) is 11.9. The van der Waals surface area contributed by atoms with E-state index in [0.717, 1.165) is 66.1 Å². The van der Waals surface area contributed by atoms with Gasteiger partial charge in [0.2, 0.25) is 0 Å². The van der Waals surface area contributed by atoms with Gasteiger partial charge >= 0.3 is 0 Å². The van der Waals surface area contributed by atoms with Crippen LogP contribution in [-0.2, 0) is 4.79 Å². The fourth-order valence-corrected chi connectivity index (χ4v) is 10.0. The Bertz CT molecular complexity index is 766. The van der Waals surface area contributed by atoms with Gasteiger partial charge in [-0.25, -0.2) is 0 Å². The van der Waals surface area contributed by atoms with Crippen LogP contribution in [0.4, 0.5) is 0 Å². The highest BCUT2D eigenvalue weighted by molar-refractivity contribution is 5.91. The molecule has 0 aromatic heterocycles. The van der Waals surface area contributed by atoms with Crippen molar-refractivity contribution in [1.29, 1.82) is 0 Å². The fourth-order valence-electron chi connectivity index (χ4n) is 10.0. The average molecular weight is 366 g/mol. The van der Waals surface area contributed by atoms with Crippen molar-refractivity contribution < 1.29 is 4.79 Å². The zero-order valence-electron chi connectivity index (χ0n) is 17.4. The van der Waals surface area contributed by atoms with Crippen molar-refractivity contribution >= 4 is 12.0 Å². The number of ketones is 1. The van der Waals surface area contributed by atoms with Crippen molar-refractivity contribution in [3.63, 3.8) is 0 Å². The smallest absolute Gasteiger partial charge is 0.155 e. The molecule has 0 saturated heterocycles. The summed E-state index contributed by atoms with van der Waals surface area (Å²) in [6, 6.07) is 0. The van der Waals surface area contributed by atoms with E-state index in [9.17, 15) is 4.79 Å². The summed E-state index contributed by atoms with van der Waals surface area (Å²) in [4.78, 5) is 16.7. The second kappa shape index (κ2) is 5.16. The second-order valence-corrected chi connectivity index (χ2v) is 11.2. The molecule has 0 aromatic carbocycles. The van der Waals surface area contributed by atoms with Crippen molar-refractivity contribution in [3.05, 3.63) is 11.6 Å². The second-order valence-electron chi connectivity index (χ2n) is 11.2. The van der Waals surface area contributed by atoms with Gasteiger partial charge in [0.25, 0.3) is 0 Å². The van der Waals surface area contributed by atoms with Gasteiger partial charge in [0.1, 0.15) is 0 Å². The van der Waals surface area contributed by atoms with Gasteiger partial charge in [0, 0.05) is 25.1 Å². The first-order chi connectivity index (χ1) is 13.0. The molecule has 0 bridgehead atoms. The Kier molecular flexibility index (Phi) is 3.25. The summed E-state index contributed by atoms with van der Waals surface area (Å²) in [7, 11) is 1.99. The molecule has 5 saturated carbocycles. The van der Waals surface area contributed by atoms with E-state index in [4.69, 9.17) is 0 Å². The predicted octanol–water partition coefficient (Wildman–Crippen LogP) is 5.18. The van der Waals surface area contributed by atoms with E-state index in [1.54, 1.807) is 5.57 Å². The lowest BCUT2D eigenvalue weighted by atomic mass is 9.45. The Morgan fingerprint density at radius 3 is 2.74 bits per heavy atom. The lowest BCUT2D eigenvalue weighted by Crippen LogP contribution is -2.54. The van der Waals surface area contributed by atoms with Crippen LogP contribution in [0.3, 0.4) is 0 Å². The summed E-state index contributed by atoms with van der Waals surface area (Å²) in [5, 5.41) is 0. The Balaban J connectivity index is 1.45. The molecule has 0 spiro atoms. The lowest BCUT2D eigenvalue weighted by Gasteiger charge is -2.59. The van der Waals surface area contributed by atoms with Crippen LogP contribution in [0.25, 0.3) is 0 Å². The molecule has 0 amide bonds. The topological polar surface area (TPSA) is 29.4 Å². The Morgan fingerprint density at radius 2 is 2.00 bits per heavy atom. The largest absolute Gasteiger partial charge is 0.300 e. The summed E-state index contributed by atoms with van der Waals surface area (Å²) < 4.78 is 0. The number of hydrogen-bond acceptors (Lipinski definition) is 2. The standard InChI is InChI=1S/C25H35NO/c1-5-25-9-8-16-15-7-6-14(27)10-17(15)18-11-19(18)21(16)23(25)20-13(2)22(20)24(25,3)12-26-4/h10,12-13,15-16,18-23H,5-9,11H2,1-4H3. The lowest BCUT2D eigenvalue weighted by molar-refractivity contribution is -0.116. The molecular weight excluding hydrogens is 330 g/mol. The predicted molar refractivity (Wildman–Crippen MR) is 109 cm³/mol. The number of aliphatic imine (C=N–C) groups is 1. The Morgan fingerprint density at radius 1 is 1.19 bits per heavy atom. The highest BCUT2D eigenvalue weighted by Crippen LogP contribution is 2.83. The van der Waals surface area contributed by atoms with E-state index < -0.39 is 0 Å². The summed E-state index contributed by atoms with van der Waals surface area (Å²) in [5.41, 5.74) is 2.38. The van der Waals surface area contributed by atoms with E-state index in [1.165, 1.54) is 25.7 Å². The monoisotopic (exact) mass is 365 g/mol. The molecule has 2 nitrogen and oxygen atoms in total. The molecule has 2 heteroatoms. The molecule has 0 aliphatic heterocycles. The van der Waals surface area contributed by atoms with Gasteiger partial charge < -0.3 is 4.99 Å². The fraction of sp³-hybridized carbons (Fsp3) is 0.840. The molecule has 5 fully saturated rings. The van der Waals surface area contributed by atoms with E-state index in [0.29, 0.717) is 16.6 Å². The zero-order chi connectivity index (χ0) is 18.7. The molecule has 27 heavy (non-hydrogen) atoms. The van der Waals surface area contributed by atoms with Crippen molar-refractivity contribution in [2.45, 2.75) is 59.3 Å². The minimum absolute atomic E-state index is 0.305. The number of carbonyl (C=O) groups is 1. The number of carbonyl (C=O) groups excluding carboxylic acids is 1. The molecule has 0 radical (unpaired) electrons. The molecular formula is C25H35NO. The van der Waals surface area contributed by atoms with Crippen LogP contribution >= 0.6 is 0 Å². The molecule has 11 unspecified atom stereocenters. The normalized spacial score (nSPS) is 60.1. The molecule has 11 atom stereocenters. The molecule has 6 rings (SSSR count). The Hall–Kier alpha value is -0.920. The van der Waals surface area contributed by atoms with Crippen molar-refractivity contribution in [2.24, 2.45) is 69.1 Å². The van der Waals surface area contributed by atoms with Gasteiger partial charge in [-0.15, -0.1) is 0 Å². The van der Waals surface area contributed by atoms with Gasteiger partial charge in [0.15, 0.2) is 5.78 Å². The van der Waals surface area contributed by atoms with Crippen molar-refractivity contribution in [2.75, 3.05) is 7.05 Å². The average Bonchev–Trinajstić information content (AvgIpc) is 3.54. The van der Waals surface area contributed by atoms with Crippen LogP contribution in [-0.4, -0.2) is 19.0 Å². The highest BCUT2D eigenvalue weighted by Gasteiger charge is 2.79. The van der Waals surface area contributed by atoms with Crippen LogP contribution < -0.4 is 0 Å². The number of nitrogens with zero attached hydrogens (tertiary/aromatic N) is 1. The van der Waals surface area contributed by atoms with Crippen LogP contribution in [0.1, 0.15) is 59.3 Å². The minimum Gasteiger partial charge on any atom is -0.300 e. The van der Waals surface area contributed by atoms with Gasteiger partial charge in [-0.05, 0) is 96.9 Å². The van der Waals surface area contributed by atoms with Crippen molar-refractivity contribution in [1.82, 2.24) is 0 Å².